The summed E-state index contributed by atoms with van der Waals surface area (Å²) < 4.78 is 39.6. The van der Waals surface area contributed by atoms with Gasteiger partial charge in [-0.1, -0.05) is 18.5 Å². The maximum absolute atomic E-state index is 13.2. The quantitative estimate of drug-likeness (QED) is 0.881. The summed E-state index contributed by atoms with van der Waals surface area (Å²) in [7, 11) is 0. The van der Waals surface area contributed by atoms with Crippen LogP contribution in [0.15, 0.2) is 18.2 Å². The Hall–Kier alpha value is -1.63. The summed E-state index contributed by atoms with van der Waals surface area (Å²) in [5.74, 6) is 0. The smallest absolute Gasteiger partial charge is 0.367 e. The first-order chi connectivity index (χ1) is 11.2. The van der Waals surface area contributed by atoms with E-state index in [0.717, 1.165) is 12.5 Å². The third-order valence-electron chi connectivity index (χ3n) is 4.15. The third kappa shape index (κ3) is 4.47. The second-order valence-corrected chi connectivity index (χ2v) is 6.33. The fourth-order valence-corrected chi connectivity index (χ4v) is 2.74. The summed E-state index contributed by atoms with van der Waals surface area (Å²) in [4.78, 5) is 15.4. The van der Waals surface area contributed by atoms with E-state index < -0.39 is 11.7 Å². The number of halogens is 4. The first kappa shape index (κ1) is 18.7. The van der Waals surface area contributed by atoms with Gasteiger partial charge in [0.1, 0.15) is 0 Å². The van der Waals surface area contributed by atoms with E-state index in [1.165, 1.54) is 12.1 Å². The zero-order chi connectivity index (χ0) is 17.9. The van der Waals surface area contributed by atoms with Crippen LogP contribution < -0.4 is 10.2 Å². The number of carbonyl (C=O) groups excluding carboxylic acids is 1. The molecular weight excluding hydrogens is 343 g/mol. The molecule has 1 saturated heterocycles. The Morgan fingerprint density at radius 1 is 1.29 bits per heavy atom. The van der Waals surface area contributed by atoms with E-state index in [-0.39, 0.29) is 22.8 Å². The summed E-state index contributed by atoms with van der Waals surface area (Å²) in [6, 6.07) is 3.69. The SMILES string of the molecule is CCC(C)NC(=O)N1CCN(c2ccc(Cl)cc2C(F)(F)F)CC1. The highest BCUT2D eigenvalue weighted by Gasteiger charge is 2.36. The van der Waals surface area contributed by atoms with Gasteiger partial charge in [0.25, 0.3) is 0 Å². The number of hydrogen-bond acceptors (Lipinski definition) is 2. The number of urea groups is 1. The summed E-state index contributed by atoms with van der Waals surface area (Å²) in [6.07, 6.45) is -3.64. The van der Waals surface area contributed by atoms with Gasteiger partial charge in [-0.25, -0.2) is 4.79 Å². The van der Waals surface area contributed by atoms with Gasteiger partial charge >= 0.3 is 12.2 Å². The first-order valence-electron chi connectivity index (χ1n) is 7.89. The van der Waals surface area contributed by atoms with Gasteiger partial charge in [-0.2, -0.15) is 13.2 Å². The molecular formula is C16H21ClF3N3O. The van der Waals surface area contributed by atoms with Crippen LogP contribution in [0, 0.1) is 0 Å². The Morgan fingerprint density at radius 2 is 1.92 bits per heavy atom. The lowest BCUT2D eigenvalue weighted by Gasteiger charge is -2.37. The van der Waals surface area contributed by atoms with Crippen molar-refractivity contribution in [1.29, 1.82) is 0 Å². The van der Waals surface area contributed by atoms with Gasteiger partial charge in [0.05, 0.1) is 5.56 Å². The van der Waals surface area contributed by atoms with Crippen molar-refractivity contribution in [2.45, 2.75) is 32.5 Å². The van der Waals surface area contributed by atoms with Crippen molar-refractivity contribution in [1.82, 2.24) is 10.2 Å². The molecule has 1 aliphatic heterocycles. The third-order valence-corrected chi connectivity index (χ3v) is 4.39. The molecule has 1 aromatic carbocycles. The van der Waals surface area contributed by atoms with Crippen LogP contribution in [0.5, 0.6) is 0 Å². The molecule has 24 heavy (non-hydrogen) atoms. The molecule has 0 radical (unpaired) electrons. The molecule has 2 amide bonds. The average Bonchev–Trinajstić information content (AvgIpc) is 2.54. The van der Waals surface area contributed by atoms with Crippen LogP contribution in [0.1, 0.15) is 25.8 Å². The number of anilines is 1. The minimum absolute atomic E-state index is 0.0534. The maximum atomic E-state index is 13.2. The van der Waals surface area contributed by atoms with Crippen molar-refractivity contribution in [3.8, 4) is 0 Å². The van der Waals surface area contributed by atoms with Crippen LogP contribution in [0.3, 0.4) is 0 Å². The predicted octanol–water partition coefficient (Wildman–Crippen LogP) is 3.99. The maximum Gasteiger partial charge on any atom is 0.418 e. The van der Waals surface area contributed by atoms with Gasteiger partial charge < -0.3 is 15.1 Å². The van der Waals surface area contributed by atoms with E-state index in [4.69, 9.17) is 11.6 Å². The van der Waals surface area contributed by atoms with Gasteiger partial charge in [0.2, 0.25) is 0 Å². The number of amides is 2. The number of piperazine rings is 1. The van der Waals surface area contributed by atoms with Crippen molar-refractivity contribution in [3.05, 3.63) is 28.8 Å². The molecule has 0 aromatic heterocycles. The fourth-order valence-electron chi connectivity index (χ4n) is 2.57. The number of rotatable bonds is 3. The molecule has 1 fully saturated rings. The second-order valence-electron chi connectivity index (χ2n) is 5.89. The van der Waals surface area contributed by atoms with Gasteiger partial charge in [0.15, 0.2) is 0 Å². The molecule has 1 unspecified atom stereocenters. The van der Waals surface area contributed by atoms with Crippen LogP contribution in [0.4, 0.5) is 23.7 Å². The molecule has 1 aromatic rings. The molecule has 4 nitrogen and oxygen atoms in total. The van der Waals surface area contributed by atoms with E-state index in [9.17, 15) is 18.0 Å². The molecule has 0 saturated carbocycles. The summed E-state index contributed by atoms with van der Waals surface area (Å²) in [6.45, 7) is 5.33. The highest BCUT2D eigenvalue weighted by atomic mass is 35.5. The number of benzene rings is 1. The van der Waals surface area contributed by atoms with Gasteiger partial charge in [-0.15, -0.1) is 0 Å². The highest BCUT2D eigenvalue weighted by Crippen LogP contribution is 2.38. The topological polar surface area (TPSA) is 35.6 Å². The van der Waals surface area contributed by atoms with Gasteiger partial charge in [0, 0.05) is 42.9 Å². The van der Waals surface area contributed by atoms with Crippen LogP contribution in [-0.4, -0.2) is 43.2 Å². The minimum Gasteiger partial charge on any atom is -0.367 e. The number of alkyl halides is 3. The van der Waals surface area contributed by atoms with E-state index >= 15 is 0 Å². The first-order valence-corrected chi connectivity index (χ1v) is 8.27. The van der Waals surface area contributed by atoms with Crippen molar-refractivity contribution in [2.75, 3.05) is 31.1 Å². The zero-order valence-electron chi connectivity index (χ0n) is 13.7. The van der Waals surface area contributed by atoms with Crippen molar-refractivity contribution in [2.24, 2.45) is 0 Å². The predicted molar refractivity (Wildman–Crippen MR) is 88.5 cm³/mol. The number of nitrogens with one attached hydrogen (secondary N) is 1. The molecule has 0 bridgehead atoms. The highest BCUT2D eigenvalue weighted by molar-refractivity contribution is 6.30. The average molecular weight is 364 g/mol. The number of nitrogens with zero attached hydrogens (tertiary/aromatic N) is 2. The largest absolute Gasteiger partial charge is 0.418 e. The molecule has 1 N–H and O–H groups in total. The normalized spacial score (nSPS) is 16.9. The molecule has 1 aliphatic rings. The van der Waals surface area contributed by atoms with Crippen LogP contribution in [0.2, 0.25) is 5.02 Å². The summed E-state index contributed by atoms with van der Waals surface area (Å²) >= 11 is 5.71. The number of hydrogen-bond donors (Lipinski definition) is 1. The van der Waals surface area contributed by atoms with Crippen molar-refractivity contribution < 1.29 is 18.0 Å². The number of carbonyl (C=O) groups is 1. The van der Waals surface area contributed by atoms with E-state index in [1.54, 1.807) is 9.80 Å². The zero-order valence-corrected chi connectivity index (χ0v) is 14.4. The Kier molecular flexibility index (Phi) is 5.85. The lowest BCUT2D eigenvalue weighted by Crippen LogP contribution is -2.53. The van der Waals surface area contributed by atoms with E-state index in [2.05, 4.69) is 5.32 Å². The van der Waals surface area contributed by atoms with Crippen LogP contribution >= 0.6 is 11.6 Å². The fraction of sp³-hybridized carbons (Fsp3) is 0.562. The summed E-state index contributed by atoms with van der Waals surface area (Å²) in [5.41, 5.74) is -0.638. The molecule has 1 atom stereocenters. The van der Waals surface area contributed by atoms with Crippen LogP contribution in [0.25, 0.3) is 0 Å². The molecule has 2 rings (SSSR count). The second kappa shape index (κ2) is 7.51. The monoisotopic (exact) mass is 363 g/mol. The molecule has 134 valence electrons. The van der Waals surface area contributed by atoms with Crippen molar-refractivity contribution in [3.63, 3.8) is 0 Å². The Balaban J connectivity index is 2.06. The van der Waals surface area contributed by atoms with Gasteiger partial charge in [-0.05, 0) is 31.5 Å². The lowest BCUT2D eigenvalue weighted by atomic mass is 10.1. The molecule has 0 aliphatic carbocycles. The minimum atomic E-state index is -4.47. The molecule has 0 spiro atoms. The van der Waals surface area contributed by atoms with Gasteiger partial charge in [-0.3, -0.25) is 0 Å². The lowest BCUT2D eigenvalue weighted by molar-refractivity contribution is -0.137. The van der Waals surface area contributed by atoms with E-state index in [1.807, 2.05) is 13.8 Å². The van der Waals surface area contributed by atoms with Crippen LogP contribution in [-0.2, 0) is 6.18 Å². The Morgan fingerprint density at radius 3 is 2.46 bits per heavy atom. The van der Waals surface area contributed by atoms with E-state index in [0.29, 0.717) is 26.2 Å². The Bertz CT molecular complexity index is 586. The Labute approximate surface area is 144 Å². The summed E-state index contributed by atoms with van der Waals surface area (Å²) in [5, 5.41) is 2.92. The standard InChI is InChI=1S/C16H21ClF3N3O/c1-3-11(2)21-15(24)23-8-6-22(7-9-23)14-5-4-12(17)10-13(14)16(18,19)20/h4-5,10-11H,3,6-9H2,1-2H3,(H,21,24). The molecule has 8 heteroatoms. The van der Waals surface area contributed by atoms with Crippen molar-refractivity contribution >= 4 is 23.3 Å². The molecule has 1 heterocycles.